The third-order valence-electron chi connectivity index (χ3n) is 6.20. The molecule has 0 saturated heterocycles. The van der Waals surface area contributed by atoms with Crippen LogP contribution in [-0.2, 0) is 0 Å². The Hall–Kier alpha value is -1.97. The summed E-state index contributed by atoms with van der Waals surface area (Å²) in [4.78, 5) is 15.1. The summed E-state index contributed by atoms with van der Waals surface area (Å²) in [6.07, 6.45) is 7.43. The Bertz CT molecular complexity index is 966. The Labute approximate surface area is 189 Å². The number of amides is 1. The van der Waals surface area contributed by atoms with Crippen LogP contribution in [0.1, 0.15) is 66.6 Å². The second-order valence-electron chi connectivity index (χ2n) is 8.21. The van der Waals surface area contributed by atoms with E-state index in [1.165, 1.54) is 5.56 Å². The normalized spacial score (nSPS) is 21.7. The quantitative estimate of drug-likeness (QED) is 0.484. The molecule has 1 N–H and O–H groups in total. The van der Waals surface area contributed by atoms with Gasteiger partial charge in [-0.1, -0.05) is 61.3 Å². The maximum absolute atomic E-state index is 13.1. The highest BCUT2D eigenvalue weighted by atomic mass is 35.5. The number of allylic oxidation sites excluding steroid dienone is 2. The summed E-state index contributed by atoms with van der Waals surface area (Å²) in [7, 11) is 0. The summed E-state index contributed by atoms with van der Waals surface area (Å²) in [6.45, 7) is 5.82. The number of halogens is 2. The number of carbonyl (C=O) groups excluding carboxylic acids is 1. The van der Waals surface area contributed by atoms with Crippen molar-refractivity contribution in [2.75, 3.05) is 18.4 Å². The van der Waals surface area contributed by atoms with E-state index in [-0.39, 0.29) is 17.9 Å². The van der Waals surface area contributed by atoms with Crippen molar-refractivity contribution in [3.05, 3.63) is 75.3 Å². The molecule has 3 atom stereocenters. The first-order valence-corrected chi connectivity index (χ1v) is 11.6. The summed E-state index contributed by atoms with van der Waals surface area (Å²) >= 11 is 12.9. The molecule has 3 unspecified atom stereocenters. The van der Waals surface area contributed by atoms with Crippen molar-refractivity contribution < 1.29 is 4.79 Å². The molecule has 1 amide bonds. The molecule has 0 saturated carbocycles. The van der Waals surface area contributed by atoms with Gasteiger partial charge in [0.1, 0.15) is 0 Å². The number of anilines is 1. The van der Waals surface area contributed by atoms with Gasteiger partial charge in [0.05, 0.1) is 16.1 Å². The SMILES string of the molecule is CCCN(CCC)C(=O)c1ccc2c(c1)C1C=CCC1C(c1cccc(Cl)c1Cl)N2. The predicted molar refractivity (Wildman–Crippen MR) is 126 cm³/mol. The van der Waals surface area contributed by atoms with E-state index < -0.39 is 0 Å². The van der Waals surface area contributed by atoms with Gasteiger partial charge in [0.2, 0.25) is 0 Å². The van der Waals surface area contributed by atoms with E-state index in [0.717, 1.165) is 49.2 Å². The van der Waals surface area contributed by atoms with Gasteiger partial charge in [-0.25, -0.2) is 0 Å². The topological polar surface area (TPSA) is 32.3 Å². The Balaban J connectivity index is 1.68. The molecule has 30 heavy (non-hydrogen) atoms. The lowest BCUT2D eigenvalue weighted by atomic mass is 9.76. The van der Waals surface area contributed by atoms with Crippen LogP contribution in [0.25, 0.3) is 0 Å². The Morgan fingerprint density at radius 3 is 2.60 bits per heavy atom. The van der Waals surface area contributed by atoms with E-state index in [1.807, 2.05) is 29.2 Å². The molecule has 0 fully saturated rings. The van der Waals surface area contributed by atoms with Crippen LogP contribution < -0.4 is 5.32 Å². The molecule has 0 aromatic heterocycles. The molecular formula is C25H28Cl2N2O. The summed E-state index contributed by atoms with van der Waals surface area (Å²) < 4.78 is 0. The van der Waals surface area contributed by atoms with E-state index in [9.17, 15) is 4.79 Å². The van der Waals surface area contributed by atoms with Crippen molar-refractivity contribution in [3.63, 3.8) is 0 Å². The molecule has 3 nitrogen and oxygen atoms in total. The summed E-state index contributed by atoms with van der Waals surface area (Å²) in [5, 5.41) is 4.89. The van der Waals surface area contributed by atoms with Gasteiger partial charge in [-0.2, -0.15) is 0 Å². The van der Waals surface area contributed by atoms with Crippen LogP contribution in [0.3, 0.4) is 0 Å². The number of nitrogens with one attached hydrogen (secondary N) is 1. The van der Waals surface area contributed by atoms with Crippen LogP contribution in [0, 0.1) is 5.92 Å². The summed E-state index contributed by atoms with van der Waals surface area (Å²) in [5.41, 5.74) is 4.07. The third-order valence-corrected chi connectivity index (χ3v) is 7.03. The molecule has 1 aliphatic heterocycles. The van der Waals surface area contributed by atoms with Crippen LogP contribution in [0.5, 0.6) is 0 Å². The molecule has 0 bridgehead atoms. The minimum absolute atomic E-state index is 0.0851. The number of fused-ring (bicyclic) bond motifs is 3. The molecule has 5 heteroatoms. The Kier molecular flexibility index (Phi) is 6.40. The lowest BCUT2D eigenvalue weighted by Gasteiger charge is -2.38. The van der Waals surface area contributed by atoms with Crippen LogP contribution in [-0.4, -0.2) is 23.9 Å². The van der Waals surface area contributed by atoms with Crippen LogP contribution >= 0.6 is 23.2 Å². The maximum atomic E-state index is 13.1. The fourth-order valence-electron chi connectivity index (χ4n) is 4.83. The van der Waals surface area contributed by atoms with Crippen LogP contribution in [0.15, 0.2) is 48.6 Å². The molecule has 1 aliphatic carbocycles. The van der Waals surface area contributed by atoms with Gasteiger partial charge < -0.3 is 10.2 Å². The molecule has 4 rings (SSSR count). The van der Waals surface area contributed by atoms with E-state index in [4.69, 9.17) is 23.2 Å². The van der Waals surface area contributed by atoms with Gasteiger partial charge in [-0.15, -0.1) is 0 Å². The van der Waals surface area contributed by atoms with Crippen molar-refractivity contribution in [2.24, 2.45) is 5.92 Å². The first-order chi connectivity index (χ1) is 14.5. The Morgan fingerprint density at radius 1 is 1.10 bits per heavy atom. The Morgan fingerprint density at radius 2 is 1.87 bits per heavy atom. The van der Waals surface area contributed by atoms with Gasteiger partial charge in [-0.3, -0.25) is 4.79 Å². The number of nitrogens with zero attached hydrogens (tertiary/aromatic N) is 1. The lowest BCUT2D eigenvalue weighted by Crippen LogP contribution is -2.33. The van der Waals surface area contributed by atoms with Crippen molar-refractivity contribution in [2.45, 2.75) is 45.1 Å². The highest BCUT2D eigenvalue weighted by Gasteiger charge is 2.39. The van der Waals surface area contributed by atoms with Crippen LogP contribution in [0.4, 0.5) is 5.69 Å². The van der Waals surface area contributed by atoms with Gasteiger partial charge in [-0.05, 0) is 60.6 Å². The average Bonchev–Trinajstić information content (AvgIpc) is 3.24. The zero-order valence-corrected chi connectivity index (χ0v) is 19.0. The van der Waals surface area contributed by atoms with Crippen molar-refractivity contribution >= 4 is 34.8 Å². The molecule has 2 aromatic carbocycles. The molecule has 0 radical (unpaired) electrons. The number of benzene rings is 2. The van der Waals surface area contributed by atoms with Crippen molar-refractivity contribution in [1.29, 1.82) is 0 Å². The number of rotatable bonds is 6. The summed E-state index contributed by atoms with van der Waals surface area (Å²) in [5.74, 6) is 0.737. The van der Waals surface area contributed by atoms with Gasteiger partial charge in [0.25, 0.3) is 5.91 Å². The smallest absolute Gasteiger partial charge is 0.253 e. The second kappa shape index (κ2) is 9.03. The zero-order valence-electron chi connectivity index (χ0n) is 17.5. The standard InChI is InChI=1S/C25H28Cl2N2O/c1-3-13-29(14-4-2)25(30)16-11-12-22-20(15-16)17-7-5-8-18(17)24(28-22)19-9-6-10-21(26)23(19)27/h5-7,9-12,15,17-18,24,28H,3-4,8,13-14H2,1-2H3. The van der Waals surface area contributed by atoms with E-state index in [1.54, 1.807) is 0 Å². The van der Waals surface area contributed by atoms with E-state index in [0.29, 0.717) is 16.0 Å². The number of hydrogen-bond donors (Lipinski definition) is 1. The first kappa shape index (κ1) is 21.3. The third kappa shape index (κ3) is 3.86. The molecule has 2 aromatic rings. The molecule has 1 heterocycles. The largest absolute Gasteiger partial charge is 0.378 e. The second-order valence-corrected chi connectivity index (χ2v) is 9.00. The first-order valence-electron chi connectivity index (χ1n) is 10.9. The highest BCUT2D eigenvalue weighted by Crippen LogP contribution is 2.51. The van der Waals surface area contributed by atoms with Crippen LogP contribution in [0.2, 0.25) is 10.0 Å². The van der Waals surface area contributed by atoms with Crippen molar-refractivity contribution in [1.82, 2.24) is 4.90 Å². The average molecular weight is 443 g/mol. The van der Waals surface area contributed by atoms with E-state index >= 15 is 0 Å². The molecule has 2 aliphatic rings. The zero-order chi connectivity index (χ0) is 21.3. The van der Waals surface area contributed by atoms with Gasteiger partial charge in [0.15, 0.2) is 0 Å². The number of hydrogen-bond acceptors (Lipinski definition) is 2. The van der Waals surface area contributed by atoms with Gasteiger partial charge >= 0.3 is 0 Å². The monoisotopic (exact) mass is 442 g/mol. The van der Waals surface area contributed by atoms with E-state index in [2.05, 4.69) is 43.4 Å². The predicted octanol–water partition coefficient (Wildman–Crippen LogP) is 7.08. The fourth-order valence-corrected chi connectivity index (χ4v) is 5.26. The lowest BCUT2D eigenvalue weighted by molar-refractivity contribution is 0.0755. The maximum Gasteiger partial charge on any atom is 0.253 e. The summed E-state index contributed by atoms with van der Waals surface area (Å²) in [6, 6.07) is 12.0. The minimum Gasteiger partial charge on any atom is -0.378 e. The highest BCUT2D eigenvalue weighted by molar-refractivity contribution is 6.42. The number of carbonyl (C=O) groups is 1. The fraction of sp³-hybridized carbons (Fsp3) is 0.400. The molecular weight excluding hydrogens is 415 g/mol. The molecule has 0 spiro atoms. The minimum atomic E-state index is 0.0851. The molecule has 158 valence electrons. The van der Waals surface area contributed by atoms with Gasteiger partial charge in [0, 0.05) is 30.3 Å². The van der Waals surface area contributed by atoms with Crippen molar-refractivity contribution in [3.8, 4) is 0 Å².